The molecule has 37 heavy (non-hydrogen) atoms. The van der Waals surface area contributed by atoms with Gasteiger partial charge in [0, 0.05) is 35.6 Å². The van der Waals surface area contributed by atoms with Crippen molar-refractivity contribution in [3.8, 4) is 22.5 Å². The number of para-hydroxylation sites is 1. The lowest BCUT2D eigenvalue weighted by Gasteiger charge is -2.32. The van der Waals surface area contributed by atoms with Gasteiger partial charge in [-0.05, 0) is 38.8 Å². The van der Waals surface area contributed by atoms with Gasteiger partial charge in [0.25, 0.3) is 5.91 Å². The summed E-state index contributed by atoms with van der Waals surface area (Å²) in [4.78, 5) is 31.8. The van der Waals surface area contributed by atoms with E-state index in [-0.39, 0.29) is 11.8 Å². The smallest absolute Gasteiger partial charge is 0.412 e. The normalized spacial score (nSPS) is 14.8. The standard InChI is InChI=1S/C28H28N4O4S/c1-18-24(25(31-36-18)20-9-5-3-6-10-20)23-17-37-26(30-23)21-13-15-32(16-14-21)27(33)19(2)35-28(34)29-22-11-7-4-8-12-22/h3-12,17,19,21H,13-16H2,1-2H3,(H,29,34). The van der Waals surface area contributed by atoms with Crippen LogP contribution in [0.4, 0.5) is 10.5 Å². The molecule has 1 fully saturated rings. The van der Waals surface area contributed by atoms with Crippen molar-refractivity contribution in [3.05, 3.63) is 76.8 Å². The fourth-order valence-corrected chi connectivity index (χ4v) is 5.52. The highest BCUT2D eigenvalue weighted by molar-refractivity contribution is 7.10. The molecule has 8 nitrogen and oxygen atoms in total. The molecule has 190 valence electrons. The first-order valence-corrected chi connectivity index (χ1v) is 13.2. The number of likely N-dealkylation sites (tertiary alicyclic amines) is 1. The number of nitrogens with zero attached hydrogens (tertiary/aromatic N) is 3. The number of carbonyl (C=O) groups is 2. The van der Waals surface area contributed by atoms with Crippen molar-refractivity contribution in [3.63, 3.8) is 0 Å². The molecule has 2 amide bonds. The summed E-state index contributed by atoms with van der Waals surface area (Å²) in [6, 6.07) is 19.0. The van der Waals surface area contributed by atoms with Crippen LogP contribution in [0.25, 0.3) is 22.5 Å². The Labute approximate surface area is 219 Å². The molecule has 9 heteroatoms. The minimum atomic E-state index is -0.861. The number of benzene rings is 2. The van der Waals surface area contributed by atoms with Crippen molar-refractivity contribution in [2.24, 2.45) is 0 Å². The number of carbonyl (C=O) groups excluding carboxylic acids is 2. The fraction of sp³-hybridized carbons (Fsp3) is 0.286. The molecule has 0 spiro atoms. The van der Waals surface area contributed by atoms with E-state index in [2.05, 4.69) is 15.9 Å². The Balaban J connectivity index is 1.18. The lowest BCUT2D eigenvalue weighted by molar-refractivity contribution is -0.140. The molecule has 0 saturated carbocycles. The molecule has 1 atom stereocenters. The van der Waals surface area contributed by atoms with Gasteiger partial charge in [0.05, 0.1) is 16.3 Å². The third kappa shape index (κ3) is 5.56. The van der Waals surface area contributed by atoms with E-state index >= 15 is 0 Å². The summed E-state index contributed by atoms with van der Waals surface area (Å²) in [5.74, 6) is 0.816. The first-order chi connectivity index (χ1) is 18.0. The van der Waals surface area contributed by atoms with Gasteiger partial charge < -0.3 is 14.2 Å². The van der Waals surface area contributed by atoms with Gasteiger partial charge in [-0.2, -0.15) is 0 Å². The van der Waals surface area contributed by atoms with E-state index < -0.39 is 12.2 Å². The average molecular weight is 517 g/mol. The molecule has 2 aromatic carbocycles. The van der Waals surface area contributed by atoms with E-state index in [0.717, 1.165) is 46.1 Å². The van der Waals surface area contributed by atoms with Gasteiger partial charge in [-0.1, -0.05) is 53.7 Å². The number of nitrogens with one attached hydrogen (secondary N) is 1. The lowest BCUT2D eigenvalue weighted by Crippen LogP contribution is -2.44. The monoisotopic (exact) mass is 516 g/mol. The van der Waals surface area contributed by atoms with Crippen LogP contribution >= 0.6 is 11.3 Å². The molecule has 4 aromatic rings. The highest BCUT2D eigenvalue weighted by Crippen LogP contribution is 2.38. The quantitative estimate of drug-likeness (QED) is 0.332. The fourth-order valence-electron chi connectivity index (χ4n) is 4.54. The molecule has 1 unspecified atom stereocenters. The third-order valence-corrected chi connectivity index (χ3v) is 7.50. The number of aromatic nitrogens is 2. The molecular weight excluding hydrogens is 488 g/mol. The zero-order valence-electron chi connectivity index (χ0n) is 20.7. The molecule has 1 saturated heterocycles. The number of ether oxygens (including phenoxy) is 1. The summed E-state index contributed by atoms with van der Waals surface area (Å²) < 4.78 is 10.8. The number of amides is 2. The van der Waals surface area contributed by atoms with Crippen LogP contribution in [0.3, 0.4) is 0 Å². The van der Waals surface area contributed by atoms with E-state index in [1.807, 2.05) is 55.5 Å². The second-order valence-electron chi connectivity index (χ2n) is 9.04. The van der Waals surface area contributed by atoms with E-state index in [9.17, 15) is 9.59 Å². The summed E-state index contributed by atoms with van der Waals surface area (Å²) in [5, 5.41) is 10.0. The molecule has 2 aromatic heterocycles. The molecule has 0 bridgehead atoms. The Bertz CT molecular complexity index is 1360. The molecule has 3 heterocycles. The molecule has 0 radical (unpaired) electrons. The Morgan fingerprint density at radius 1 is 1.08 bits per heavy atom. The zero-order valence-corrected chi connectivity index (χ0v) is 21.5. The maximum Gasteiger partial charge on any atom is 0.412 e. The van der Waals surface area contributed by atoms with Gasteiger partial charge in [0.1, 0.15) is 11.5 Å². The van der Waals surface area contributed by atoms with E-state index in [0.29, 0.717) is 18.8 Å². The predicted molar refractivity (Wildman–Crippen MR) is 142 cm³/mol. The number of hydrogen-bond donors (Lipinski definition) is 1. The van der Waals surface area contributed by atoms with Crippen LogP contribution in [-0.2, 0) is 9.53 Å². The maximum absolute atomic E-state index is 12.9. The minimum Gasteiger partial charge on any atom is -0.436 e. The second-order valence-corrected chi connectivity index (χ2v) is 9.93. The van der Waals surface area contributed by atoms with E-state index in [1.165, 1.54) is 0 Å². The van der Waals surface area contributed by atoms with Gasteiger partial charge in [-0.25, -0.2) is 9.78 Å². The highest BCUT2D eigenvalue weighted by Gasteiger charge is 2.30. The molecule has 1 aliphatic rings. The maximum atomic E-state index is 12.9. The van der Waals surface area contributed by atoms with Gasteiger partial charge >= 0.3 is 6.09 Å². The molecule has 5 rings (SSSR count). The van der Waals surface area contributed by atoms with Crippen molar-refractivity contribution in [1.29, 1.82) is 0 Å². The SMILES string of the molecule is Cc1onc(-c2ccccc2)c1-c1csc(C2CCN(C(=O)C(C)OC(=O)Nc3ccccc3)CC2)n1. The van der Waals surface area contributed by atoms with Crippen LogP contribution in [-0.4, -0.2) is 46.2 Å². The van der Waals surface area contributed by atoms with Crippen LogP contribution in [0, 0.1) is 6.92 Å². The zero-order chi connectivity index (χ0) is 25.8. The van der Waals surface area contributed by atoms with Gasteiger partial charge in [-0.3, -0.25) is 10.1 Å². The van der Waals surface area contributed by atoms with Gasteiger partial charge in [0.2, 0.25) is 0 Å². The summed E-state index contributed by atoms with van der Waals surface area (Å²) in [6.07, 6.45) is 0.0989. The van der Waals surface area contributed by atoms with Crippen molar-refractivity contribution < 1.29 is 18.8 Å². The van der Waals surface area contributed by atoms with Crippen LogP contribution in [0.15, 0.2) is 70.6 Å². The van der Waals surface area contributed by atoms with Crippen LogP contribution in [0.1, 0.15) is 36.5 Å². The van der Waals surface area contributed by atoms with Crippen molar-refractivity contribution >= 4 is 29.0 Å². The highest BCUT2D eigenvalue weighted by atomic mass is 32.1. The summed E-state index contributed by atoms with van der Waals surface area (Å²) in [6.45, 7) is 4.70. The molecule has 0 aliphatic carbocycles. The summed E-state index contributed by atoms with van der Waals surface area (Å²) in [7, 11) is 0. The van der Waals surface area contributed by atoms with Crippen molar-refractivity contribution in [1.82, 2.24) is 15.0 Å². The first-order valence-electron chi connectivity index (χ1n) is 12.3. The Hall–Kier alpha value is -3.98. The first kappa shape index (κ1) is 24.7. The number of thiazole rings is 1. The molecule has 1 N–H and O–H groups in total. The Kier molecular flexibility index (Phi) is 7.32. The number of anilines is 1. The average Bonchev–Trinajstić information content (AvgIpc) is 3.56. The molecular formula is C28H28N4O4S. The summed E-state index contributed by atoms with van der Waals surface area (Å²) in [5.41, 5.74) is 4.18. The van der Waals surface area contributed by atoms with E-state index in [4.69, 9.17) is 14.2 Å². The largest absolute Gasteiger partial charge is 0.436 e. The number of aryl methyl sites for hydroxylation is 1. The predicted octanol–water partition coefficient (Wildman–Crippen LogP) is 6.12. The van der Waals surface area contributed by atoms with Crippen LogP contribution in [0.5, 0.6) is 0 Å². The van der Waals surface area contributed by atoms with E-state index in [1.54, 1.807) is 35.3 Å². The Morgan fingerprint density at radius 3 is 2.46 bits per heavy atom. The summed E-state index contributed by atoms with van der Waals surface area (Å²) >= 11 is 1.63. The minimum absolute atomic E-state index is 0.186. The van der Waals surface area contributed by atoms with Crippen LogP contribution in [0.2, 0.25) is 0 Å². The van der Waals surface area contributed by atoms with Crippen molar-refractivity contribution in [2.45, 2.75) is 38.7 Å². The number of rotatable bonds is 6. The molecule has 1 aliphatic heterocycles. The second kappa shape index (κ2) is 11.0. The van der Waals surface area contributed by atoms with Crippen LogP contribution < -0.4 is 5.32 Å². The number of hydrogen-bond acceptors (Lipinski definition) is 7. The third-order valence-electron chi connectivity index (χ3n) is 6.50. The number of piperidine rings is 1. The van der Waals surface area contributed by atoms with Crippen molar-refractivity contribution in [2.75, 3.05) is 18.4 Å². The van der Waals surface area contributed by atoms with Gasteiger partial charge in [0.15, 0.2) is 6.10 Å². The lowest BCUT2D eigenvalue weighted by atomic mass is 9.97. The van der Waals surface area contributed by atoms with Gasteiger partial charge in [-0.15, -0.1) is 11.3 Å². The topological polar surface area (TPSA) is 97.6 Å². The Morgan fingerprint density at radius 2 is 1.76 bits per heavy atom.